The number of hydrogen-bond donors (Lipinski definition) is 1. The Balaban J connectivity index is 2.03. The molecule has 0 aromatic carbocycles. The molecule has 1 aliphatic heterocycles. The van der Waals surface area contributed by atoms with Gasteiger partial charge in [0.1, 0.15) is 11.5 Å². The smallest absolute Gasteiger partial charge is 0.233 e. The molecule has 1 aromatic heterocycles. The predicted octanol–water partition coefficient (Wildman–Crippen LogP) is 1.53. The summed E-state index contributed by atoms with van der Waals surface area (Å²) in [5.74, 6) is 0.782. The lowest BCUT2D eigenvalue weighted by atomic mass is 10.00. The molecule has 0 saturated carbocycles. The van der Waals surface area contributed by atoms with Crippen LogP contribution in [0.2, 0.25) is 0 Å². The Labute approximate surface area is 113 Å². The number of hydrogen-bond acceptors (Lipinski definition) is 4. The van der Waals surface area contributed by atoms with Crippen molar-refractivity contribution in [3.05, 3.63) is 23.7 Å². The standard InChI is InChI=1S/C14H20N2O3/c1-4-15-7-11-5-6-12(19-11)8-16-13(17)9(2)10(3)14(16)18/h5-6,9-10,15H,4,7-8H2,1-3H3. The highest BCUT2D eigenvalue weighted by Crippen LogP contribution is 2.27. The molecule has 1 saturated heterocycles. The average Bonchev–Trinajstić information content (AvgIpc) is 2.92. The maximum atomic E-state index is 12.0. The van der Waals surface area contributed by atoms with Crippen LogP contribution in [0, 0.1) is 11.8 Å². The molecule has 1 aromatic rings. The highest BCUT2D eigenvalue weighted by Gasteiger charge is 2.42. The molecule has 1 N–H and O–H groups in total. The number of carbonyl (C=O) groups is 2. The highest BCUT2D eigenvalue weighted by molar-refractivity contribution is 6.04. The van der Waals surface area contributed by atoms with Crippen molar-refractivity contribution in [1.82, 2.24) is 10.2 Å². The Morgan fingerprint density at radius 3 is 2.32 bits per heavy atom. The van der Waals surface area contributed by atoms with Gasteiger partial charge in [-0.2, -0.15) is 0 Å². The van der Waals surface area contributed by atoms with E-state index in [-0.39, 0.29) is 30.2 Å². The first kappa shape index (κ1) is 13.8. The fraction of sp³-hybridized carbons (Fsp3) is 0.571. The maximum absolute atomic E-state index is 12.0. The van der Waals surface area contributed by atoms with Crippen LogP contribution in [0.5, 0.6) is 0 Å². The van der Waals surface area contributed by atoms with Crippen molar-refractivity contribution in [3.63, 3.8) is 0 Å². The molecular weight excluding hydrogens is 244 g/mol. The summed E-state index contributed by atoms with van der Waals surface area (Å²) < 4.78 is 5.61. The number of nitrogens with zero attached hydrogens (tertiary/aromatic N) is 1. The van der Waals surface area contributed by atoms with Crippen molar-refractivity contribution in [2.24, 2.45) is 11.8 Å². The second-order valence-corrected chi connectivity index (χ2v) is 4.99. The quantitative estimate of drug-likeness (QED) is 0.819. The van der Waals surface area contributed by atoms with Crippen LogP contribution in [-0.4, -0.2) is 23.3 Å². The van der Waals surface area contributed by atoms with Gasteiger partial charge >= 0.3 is 0 Å². The molecule has 0 aliphatic carbocycles. The van der Waals surface area contributed by atoms with Gasteiger partial charge in [-0.1, -0.05) is 20.8 Å². The van der Waals surface area contributed by atoms with E-state index in [9.17, 15) is 9.59 Å². The average molecular weight is 264 g/mol. The molecule has 2 atom stereocenters. The van der Waals surface area contributed by atoms with Crippen molar-refractivity contribution in [2.75, 3.05) is 6.54 Å². The summed E-state index contributed by atoms with van der Waals surface area (Å²) in [4.78, 5) is 25.2. The van der Waals surface area contributed by atoms with Crippen LogP contribution >= 0.6 is 0 Å². The predicted molar refractivity (Wildman–Crippen MR) is 70.0 cm³/mol. The van der Waals surface area contributed by atoms with Crippen LogP contribution < -0.4 is 5.32 Å². The SMILES string of the molecule is CCNCc1ccc(CN2C(=O)C(C)C(C)C2=O)o1. The van der Waals surface area contributed by atoms with Crippen LogP contribution in [0.4, 0.5) is 0 Å². The number of rotatable bonds is 5. The van der Waals surface area contributed by atoms with Gasteiger partial charge in [0, 0.05) is 11.8 Å². The van der Waals surface area contributed by atoms with Crippen molar-refractivity contribution in [3.8, 4) is 0 Å². The second kappa shape index (κ2) is 5.57. The fourth-order valence-electron chi connectivity index (χ4n) is 2.19. The Bertz CT molecular complexity index is 461. The molecule has 2 rings (SSSR count). The van der Waals surface area contributed by atoms with Crippen molar-refractivity contribution in [1.29, 1.82) is 0 Å². The molecule has 5 heteroatoms. The third-order valence-corrected chi connectivity index (χ3v) is 3.64. The highest BCUT2D eigenvalue weighted by atomic mass is 16.3. The molecular formula is C14H20N2O3. The lowest BCUT2D eigenvalue weighted by Crippen LogP contribution is -2.30. The summed E-state index contributed by atoms with van der Waals surface area (Å²) in [5.41, 5.74) is 0. The van der Waals surface area contributed by atoms with Gasteiger partial charge in [-0.15, -0.1) is 0 Å². The second-order valence-electron chi connectivity index (χ2n) is 4.99. The largest absolute Gasteiger partial charge is 0.463 e. The number of nitrogens with one attached hydrogen (secondary N) is 1. The summed E-state index contributed by atoms with van der Waals surface area (Å²) in [7, 11) is 0. The van der Waals surface area contributed by atoms with E-state index in [0.717, 1.165) is 12.3 Å². The Hall–Kier alpha value is -1.62. The zero-order chi connectivity index (χ0) is 14.0. The van der Waals surface area contributed by atoms with E-state index in [0.29, 0.717) is 12.3 Å². The van der Waals surface area contributed by atoms with Crippen molar-refractivity contribution in [2.45, 2.75) is 33.9 Å². The van der Waals surface area contributed by atoms with E-state index in [4.69, 9.17) is 4.42 Å². The summed E-state index contributed by atoms with van der Waals surface area (Å²) in [6, 6.07) is 3.69. The van der Waals surface area contributed by atoms with E-state index < -0.39 is 0 Å². The monoisotopic (exact) mass is 264 g/mol. The van der Waals surface area contributed by atoms with Gasteiger partial charge in [0.25, 0.3) is 0 Å². The minimum Gasteiger partial charge on any atom is -0.463 e. The number of imide groups is 1. The molecule has 2 heterocycles. The fourth-order valence-corrected chi connectivity index (χ4v) is 2.19. The van der Waals surface area contributed by atoms with Gasteiger partial charge in [-0.05, 0) is 18.7 Å². The molecule has 2 amide bonds. The number of carbonyl (C=O) groups excluding carboxylic acids is 2. The number of furan rings is 1. The topological polar surface area (TPSA) is 62.6 Å². The van der Waals surface area contributed by atoms with E-state index in [2.05, 4.69) is 5.32 Å². The van der Waals surface area contributed by atoms with E-state index in [1.54, 1.807) is 13.8 Å². The van der Waals surface area contributed by atoms with Crippen LogP contribution in [0.25, 0.3) is 0 Å². The van der Waals surface area contributed by atoms with E-state index in [1.807, 2.05) is 19.1 Å². The van der Waals surface area contributed by atoms with Gasteiger partial charge in [-0.25, -0.2) is 0 Å². The minimum atomic E-state index is -0.233. The summed E-state index contributed by atoms with van der Waals surface area (Å²) in [6.07, 6.45) is 0. The van der Waals surface area contributed by atoms with E-state index in [1.165, 1.54) is 4.90 Å². The van der Waals surface area contributed by atoms with Gasteiger partial charge in [0.05, 0.1) is 13.1 Å². The van der Waals surface area contributed by atoms with Crippen LogP contribution in [0.1, 0.15) is 32.3 Å². The van der Waals surface area contributed by atoms with Crippen LogP contribution in [0.3, 0.4) is 0 Å². The van der Waals surface area contributed by atoms with Gasteiger partial charge in [-0.3, -0.25) is 14.5 Å². The van der Waals surface area contributed by atoms with E-state index >= 15 is 0 Å². The van der Waals surface area contributed by atoms with Crippen LogP contribution in [0.15, 0.2) is 16.5 Å². The maximum Gasteiger partial charge on any atom is 0.233 e. The molecule has 2 unspecified atom stereocenters. The third-order valence-electron chi connectivity index (χ3n) is 3.64. The normalized spacial score (nSPS) is 23.4. The van der Waals surface area contributed by atoms with Crippen molar-refractivity contribution < 1.29 is 14.0 Å². The van der Waals surface area contributed by atoms with Gasteiger partial charge < -0.3 is 9.73 Å². The van der Waals surface area contributed by atoms with Crippen LogP contribution in [-0.2, 0) is 22.7 Å². The molecule has 0 spiro atoms. The molecule has 1 fully saturated rings. The first-order valence-electron chi connectivity index (χ1n) is 6.68. The molecule has 19 heavy (non-hydrogen) atoms. The minimum absolute atomic E-state index is 0.109. The zero-order valence-corrected chi connectivity index (χ0v) is 11.6. The molecule has 1 aliphatic rings. The Morgan fingerprint density at radius 2 is 1.74 bits per heavy atom. The Morgan fingerprint density at radius 1 is 1.16 bits per heavy atom. The molecule has 0 bridgehead atoms. The molecule has 104 valence electrons. The number of likely N-dealkylation sites (tertiary alicyclic amines) is 1. The third kappa shape index (κ3) is 2.71. The van der Waals surface area contributed by atoms with Gasteiger partial charge in [0.15, 0.2) is 0 Å². The lowest BCUT2D eigenvalue weighted by Gasteiger charge is -2.12. The summed E-state index contributed by atoms with van der Waals surface area (Å²) in [6.45, 7) is 7.37. The molecule has 5 nitrogen and oxygen atoms in total. The molecule has 0 radical (unpaired) electrons. The van der Waals surface area contributed by atoms with Crippen molar-refractivity contribution >= 4 is 11.8 Å². The Kier molecular flexibility index (Phi) is 4.04. The van der Waals surface area contributed by atoms with Gasteiger partial charge in [0.2, 0.25) is 11.8 Å². The summed E-state index contributed by atoms with van der Waals surface area (Å²) in [5, 5.41) is 3.16. The lowest BCUT2D eigenvalue weighted by molar-refractivity contribution is -0.140. The summed E-state index contributed by atoms with van der Waals surface area (Å²) >= 11 is 0. The zero-order valence-electron chi connectivity index (χ0n) is 11.6. The first-order chi connectivity index (χ1) is 9.04. The first-order valence-corrected chi connectivity index (χ1v) is 6.68. The number of amides is 2.